The fraction of sp³-hybridized carbons (Fsp3) is 0.176. The summed E-state index contributed by atoms with van der Waals surface area (Å²) in [5.41, 5.74) is 3.29. The summed E-state index contributed by atoms with van der Waals surface area (Å²) >= 11 is 0. The summed E-state index contributed by atoms with van der Waals surface area (Å²) in [7, 11) is 0. The molecule has 0 aliphatic carbocycles. The maximum absolute atomic E-state index is 4.56. The minimum atomic E-state index is 0.249. The number of pyridine rings is 1. The van der Waals surface area contributed by atoms with Crippen molar-refractivity contribution in [2.45, 2.75) is 19.9 Å². The highest BCUT2D eigenvalue weighted by atomic mass is 15.2. The Bertz CT molecular complexity index is 1010. The van der Waals surface area contributed by atoms with Gasteiger partial charge >= 0.3 is 0 Å². The monoisotopic (exact) mass is 319 g/mol. The lowest BCUT2D eigenvalue weighted by atomic mass is 10.2. The van der Waals surface area contributed by atoms with Crippen LogP contribution in [0.15, 0.2) is 42.9 Å². The summed E-state index contributed by atoms with van der Waals surface area (Å²) in [5, 5.41) is 7.62. The van der Waals surface area contributed by atoms with Crippen LogP contribution in [-0.2, 0) is 0 Å². The van der Waals surface area contributed by atoms with Gasteiger partial charge in [0.2, 0.25) is 5.95 Å². The first-order chi connectivity index (χ1) is 11.7. The molecule has 4 rings (SSSR count). The number of rotatable bonds is 4. The lowest BCUT2D eigenvalue weighted by Crippen LogP contribution is -2.12. The number of benzene rings is 1. The Morgan fingerprint density at radius 3 is 2.88 bits per heavy atom. The Kier molecular flexibility index (Phi) is 3.45. The van der Waals surface area contributed by atoms with E-state index in [-0.39, 0.29) is 6.04 Å². The summed E-state index contributed by atoms with van der Waals surface area (Å²) in [6, 6.07) is 10.2. The van der Waals surface area contributed by atoms with Crippen LogP contribution in [-0.4, -0.2) is 31.0 Å². The summed E-state index contributed by atoms with van der Waals surface area (Å²) in [6.07, 6.45) is 3.41. The number of imidazole rings is 1. The molecule has 120 valence electrons. The normalized spacial score (nSPS) is 11.3. The summed E-state index contributed by atoms with van der Waals surface area (Å²) < 4.78 is 0. The molecule has 0 fully saturated rings. The van der Waals surface area contributed by atoms with Crippen LogP contribution in [0.2, 0.25) is 0 Å². The third-order valence-corrected chi connectivity index (χ3v) is 3.56. The van der Waals surface area contributed by atoms with E-state index in [1.165, 1.54) is 0 Å². The minimum absolute atomic E-state index is 0.249. The summed E-state index contributed by atoms with van der Waals surface area (Å²) in [4.78, 5) is 20.7. The Morgan fingerprint density at radius 1 is 1.08 bits per heavy atom. The zero-order chi connectivity index (χ0) is 16.5. The van der Waals surface area contributed by atoms with Gasteiger partial charge in [-0.1, -0.05) is 6.07 Å². The molecule has 3 N–H and O–H groups in total. The van der Waals surface area contributed by atoms with Crippen LogP contribution >= 0.6 is 0 Å². The molecule has 0 spiro atoms. The fourth-order valence-electron chi connectivity index (χ4n) is 2.55. The summed E-state index contributed by atoms with van der Waals surface area (Å²) in [6.45, 7) is 4.12. The smallest absolute Gasteiger partial charge is 0.231 e. The van der Waals surface area contributed by atoms with Crippen LogP contribution in [0.25, 0.3) is 22.1 Å². The Balaban J connectivity index is 1.72. The van der Waals surface area contributed by atoms with Crippen LogP contribution in [0.1, 0.15) is 13.8 Å². The highest BCUT2D eigenvalue weighted by Gasteiger charge is 2.11. The molecule has 0 unspecified atom stereocenters. The first kappa shape index (κ1) is 14.4. The van der Waals surface area contributed by atoms with Crippen LogP contribution in [0.3, 0.4) is 0 Å². The van der Waals surface area contributed by atoms with Gasteiger partial charge in [0.1, 0.15) is 5.52 Å². The van der Waals surface area contributed by atoms with Gasteiger partial charge in [-0.15, -0.1) is 0 Å². The number of anilines is 3. The molecule has 3 heterocycles. The number of hydrogen-bond acceptors (Lipinski definition) is 6. The van der Waals surface area contributed by atoms with E-state index in [2.05, 4.69) is 49.4 Å². The van der Waals surface area contributed by atoms with E-state index in [1.54, 1.807) is 12.5 Å². The van der Waals surface area contributed by atoms with E-state index in [0.717, 1.165) is 22.1 Å². The third-order valence-electron chi connectivity index (χ3n) is 3.56. The third kappa shape index (κ3) is 2.71. The van der Waals surface area contributed by atoms with Crippen LogP contribution in [0.4, 0.5) is 17.5 Å². The molecule has 0 bridgehead atoms. The SMILES string of the molecule is CC(C)Nc1nc(Nc2ccc3ncccc3c2)nc2[nH]cnc12. The molecule has 0 saturated heterocycles. The number of hydrogen-bond donors (Lipinski definition) is 3. The number of aromatic nitrogens is 5. The van der Waals surface area contributed by atoms with Crippen molar-refractivity contribution >= 4 is 39.5 Å². The lowest BCUT2D eigenvalue weighted by Gasteiger charge is -2.11. The lowest BCUT2D eigenvalue weighted by molar-refractivity contribution is 0.890. The predicted molar refractivity (Wildman–Crippen MR) is 95.5 cm³/mol. The highest BCUT2D eigenvalue weighted by Crippen LogP contribution is 2.23. The Labute approximate surface area is 138 Å². The van der Waals surface area contributed by atoms with Gasteiger partial charge in [-0.25, -0.2) is 4.98 Å². The standard InChI is InChI=1S/C17H17N7/c1-10(2)21-16-14-15(20-9-19-14)23-17(24-16)22-12-5-6-13-11(8-12)4-3-7-18-13/h3-10H,1-2H3,(H3,19,20,21,22,23,24). The van der Waals surface area contributed by atoms with Crippen molar-refractivity contribution < 1.29 is 0 Å². The van der Waals surface area contributed by atoms with E-state index in [0.29, 0.717) is 17.4 Å². The molecule has 7 heteroatoms. The Morgan fingerprint density at radius 2 is 2.00 bits per heavy atom. The maximum atomic E-state index is 4.56. The fourth-order valence-corrected chi connectivity index (χ4v) is 2.55. The maximum Gasteiger partial charge on any atom is 0.231 e. The predicted octanol–water partition coefficient (Wildman–Crippen LogP) is 3.47. The molecule has 0 saturated carbocycles. The second-order valence-electron chi connectivity index (χ2n) is 5.83. The van der Waals surface area contributed by atoms with Crippen molar-refractivity contribution in [3.05, 3.63) is 42.9 Å². The van der Waals surface area contributed by atoms with Crippen molar-refractivity contribution in [1.29, 1.82) is 0 Å². The number of H-pyrrole nitrogens is 1. The molecule has 0 aliphatic rings. The molecule has 0 atom stereocenters. The molecule has 3 aromatic heterocycles. The van der Waals surface area contributed by atoms with Crippen molar-refractivity contribution in [2.75, 3.05) is 10.6 Å². The van der Waals surface area contributed by atoms with E-state index < -0.39 is 0 Å². The topological polar surface area (TPSA) is 91.4 Å². The first-order valence-corrected chi connectivity index (χ1v) is 7.78. The van der Waals surface area contributed by atoms with Gasteiger partial charge in [0.05, 0.1) is 11.8 Å². The second kappa shape index (κ2) is 5.77. The zero-order valence-corrected chi connectivity index (χ0v) is 13.4. The average molecular weight is 319 g/mol. The number of nitrogens with zero attached hydrogens (tertiary/aromatic N) is 4. The highest BCUT2D eigenvalue weighted by molar-refractivity contribution is 5.85. The molecular formula is C17H17N7. The molecule has 0 aliphatic heterocycles. The number of nitrogens with one attached hydrogen (secondary N) is 3. The molecule has 0 radical (unpaired) electrons. The number of aromatic amines is 1. The summed E-state index contributed by atoms with van der Waals surface area (Å²) in [5.74, 6) is 1.22. The van der Waals surface area contributed by atoms with Gasteiger partial charge in [0, 0.05) is 23.3 Å². The largest absolute Gasteiger partial charge is 0.366 e. The van der Waals surface area contributed by atoms with Crippen molar-refractivity contribution in [3.63, 3.8) is 0 Å². The van der Waals surface area contributed by atoms with Gasteiger partial charge in [-0.3, -0.25) is 4.98 Å². The average Bonchev–Trinajstić information content (AvgIpc) is 3.03. The van der Waals surface area contributed by atoms with Crippen molar-refractivity contribution in [3.8, 4) is 0 Å². The van der Waals surface area contributed by atoms with Crippen molar-refractivity contribution in [1.82, 2.24) is 24.9 Å². The molecule has 7 nitrogen and oxygen atoms in total. The van der Waals surface area contributed by atoms with Gasteiger partial charge < -0.3 is 15.6 Å². The molecule has 4 aromatic rings. The van der Waals surface area contributed by atoms with E-state index >= 15 is 0 Å². The van der Waals surface area contributed by atoms with Crippen LogP contribution in [0, 0.1) is 0 Å². The van der Waals surface area contributed by atoms with E-state index in [4.69, 9.17) is 0 Å². The van der Waals surface area contributed by atoms with Gasteiger partial charge in [0.25, 0.3) is 0 Å². The Hall–Kier alpha value is -3.22. The van der Waals surface area contributed by atoms with Gasteiger partial charge in [-0.05, 0) is 38.1 Å². The van der Waals surface area contributed by atoms with E-state index in [9.17, 15) is 0 Å². The first-order valence-electron chi connectivity index (χ1n) is 7.78. The van der Waals surface area contributed by atoms with Crippen LogP contribution in [0.5, 0.6) is 0 Å². The van der Waals surface area contributed by atoms with Crippen LogP contribution < -0.4 is 10.6 Å². The number of fused-ring (bicyclic) bond motifs is 2. The molecular weight excluding hydrogens is 302 g/mol. The molecule has 1 aromatic carbocycles. The molecule has 24 heavy (non-hydrogen) atoms. The van der Waals surface area contributed by atoms with Gasteiger partial charge in [-0.2, -0.15) is 9.97 Å². The second-order valence-corrected chi connectivity index (χ2v) is 5.83. The minimum Gasteiger partial charge on any atom is -0.366 e. The zero-order valence-electron chi connectivity index (χ0n) is 13.4. The van der Waals surface area contributed by atoms with Crippen molar-refractivity contribution in [2.24, 2.45) is 0 Å². The van der Waals surface area contributed by atoms with E-state index in [1.807, 2.05) is 30.3 Å². The molecule has 0 amide bonds. The quantitative estimate of drug-likeness (QED) is 0.533. The van der Waals surface area contributed by atoms with Gasteiger partial charge in [0.15, 0.2) is 11.5 Å².